The first-order valence-corrected chi connectivity index (χ1v) is 9.72. The van der Waals surface area contributed by atoms with Crippen LogP contribution in [-0.4, -0.2) is 40.0 Å². The minimum Gasteiger partial charge on any atom is -0.346 e. The molecule has 146 valence electrons. The van der Waals surface area contributed by atoms with Crippen molar-refractivity contribution in [2.75, 3.05) is 13.1 Å². The number of alkyl halides is 3. The monoisotopic (exact) mass is 379 g/mol. The van der Waals surface area contributed by atoms with E-state index in [2.05, 4.69) is 9.97 Å². The third-order valence-electron chi connectivity index (χ3n) is 6.23. The Morgan fingerprint density at radius 2 is 1.89 bits per heavy atom. The third kappa shape index (κ3) is 3.56. The Kier molecular flexibility index (Phi) is 4.86. The van der Waals surface area contributed by atoms with Gasteiger partial charge in [0.05, 0.1) is 5.92 Å². The van der Waals surface area contributed by atoms with Crippen LogP contribution >= 0.6 is 0 Å². The zero-order valence-corrected chi connectivity index (χ0v) is 15.1. The maximum atomic E-state index is 13.3. The summed E-state index contributed by atoms with van der Waals surface area (Å²) in [6, 6.07) is 3.93. The maximum absolute atomic E-state index is 13.3. The van der Waals surface area contributed by atoms with E-state index >= 15 is 0 Å². The molecule has 1 aliphatic heterocycles. The van der Waals surface area contributed by atoms with Gasteiger partial charge in [0.1, 0.15) is 5.65 Å². The van der Waals surface area contributed by atoms with Crippen LogP contribution in [0.2, 0.25) is 0 Å². The van der Waals surface area contributed by atoms with E-state index in [1.54, 1.807) is 11.1 Å². The Morgan fingerprint density at radius 3 is 2.63 bits per heavy atom. The smallest absolute Gasteiger partial charge is 0.346 e. The molecule has 2 fully saturated rings. The Balaban J connectivity index is 1.43. The molecule has 7 heteroatoms. The molecule has 1 amide bonds. The van der Waals surface area contributed by atoms with E-state index in [0.717, 1.165) is 23.9 Å². The number of halogens is 3. The highest BCUT2D eigenvalue weighted by atomic mass is 19.4. The maximum Gasteiger partial charge on any atom is 0.392 e. The molecule has 2 aliphatic rings. The normalized spacial score (nSPS) is 25.1. The second-order valence-electron chi connectivity index (χ2n) is 7.78. The van der Waals surface area contributed by atoms with Crippen LogP contribution in [0.4, 0.5) is 13.2 Å². The van der Waals surface area contributed by atoms with Crippen LogP contribution in [0, 0.1) is 11.8 Å². The van der Waals surface area contributed by atoms with Crippen LogP contribution in [0.5, 0.6) is 0 Å². The molecule has 4 rings (SSSR count). The van der Waals surface area contributed by atoms with E-state index < -0.39 is 18.0 Å². The van der Waals surface area contributed by atoms with Gasteiger partial charge >= 0.3 is 6.18 Å². The number of carbonyl (C=O) groups is 1. The fraction of sp³-hybridized carbons (Fsp3) is 0.600. The number of carbonyl (C=O) groups excluding carboxylic acids is 1. The minimum absolute atomic E-state index is 0.0821. The van der Waals surface area contributed by atoms with Crippen molar-refractivity contribution < 1.29 is 18.0 Å². The van der Waals surface area contributed by atoms with Crippen LogP contribution in [0.25, 0.3) is 11.0 Å². The molecule has 1 saturated heterocycles. The minimum atomic E-state index is -4.28. The molecule has 0 spiro atoms. The van der Waals surface area contributed by atoms with Gasteiger partial charge < -0.3 is 9.88 Å². The number of nitrogens with one attached hydrogen (secondary N) is 1. The number of fused-ring (bicyclic) bond motifs is 1. The fourth-order valence-electron chi connectivity index (χ4n) is 4.78. The van der Waals surface area contributed by atoms with Gasteiger partial charge in [-0.1, -0.05) is 12.8 Å². The lowest BCUT2D eigenvalue weighted by Crippen LogP contribution is -2.47. The van der Waals surface area contributed by atoms with Gasteiger partial charge in [-0.15, -0.1) is 0 Å². The second kappa shape index (κ2) is 7.17. The number of H-pyrrole nitrogens is 1. The number of aromatic amines is 1. The summed E-state index contributed by atoms with van der Waals surface area (Å²) in [6.07, 6.45) is 2.69. The fourth-order valence-corrected chi connectivity index (χ4v) is 4.78. The lowest BCUT2D eigenvalue weighted by Gasteiger charge is -2.38. The van der Waals surface area contributed by atoms with Gasteiger partial charge in [-0.2, -0.15) is 13.2 Å². The van der Waals surface area contributed by atoms with Gasteiger partial charge in [-0.25, -0.2) is 4.98 Å². The van der Waals surface area contributed by atoms with Crippen molar-refractivity contribution in [1.29, 1.82) is 0 Å². The highest BCUT2D eigenvalue weighted by Gasteiger charge is 2.49. The van der Waals surface area contributed by atoms with Crippen molar-refractivity contribution in [2.45, 2.75) is 50.6 Å². The first-order valence-electron chi connectivity index (χ1n) is 9.72. The number of amides is 1. The van der Waals surface area contributed by atoms with E-state index in [1.807, 2.05) is 18.3 Å². The quantitative estimate of drug-likeness (QED) is 0.827. The van der Waals surface area contributed by atoms with Crippen molar-refractivity contribution in [3.8, 4) is 0 Å². The van der Waals surface area contributed by atoms with E-state index in [0.29, 0.717) is 38.3 Å². The average molecular weight is 379 g/mol. The number of aromatic nitrogens is 2. The number of piperidine rings is 1. The largest absolute Gasteiger partial charge is 0.392 e. The summed E-state index contributed by atoms with van der Waals surface area (Å²) in [7, 11) is 0. The summed E-state index contributed by atoms with van der Waals surface area (Å²) in [6.45, 7) is 1.05. The number of nitrogens with zero attached hydrogens (tertiary/aromatic N) is 2. The van der Waals surface area contributed by atoms with Gasteiger partial charge in [0.25, 0.3) is 0 Å². The number of hydrogen-bond donors (Lipinski definition) is 1. The first kappa shape index (κ1) is 18.3. The number of pyridine rings is 1. The zero-order valence-electron chi connectivity index (χ0n) is 15.1. The van der Waals surface area contributed by atoms with E-state index in [9.17, 15) is 18.0 Å². The molecule has 2 aromatic heterocycles. The van der Waals surface area contributed by atoms with Crippen LogP contribution in [-0.2, 0) is 4.79 Å². The molecule has 1 aliphatic carbocycles. The van der Waals surface area contributed by atoms with Crippen molar-refractivity contribution in [3.05, 3.63) is 30.1 Å². The summed E-state index contributed by atoms with van der Waals surface area (Å²) in [5, 5.41) is 1.09. The summed E-state index contributed by atoms with van der Waals surface area (Å²) in [5.74, 6) is -2.36. The summed E-state index contributed by atoms with van der Waals surface area (Å²) in [4.78, 5) is 22.0. The predicted molar refractivity (Wildman–Crippen MR) is 96.2 cm³/mol. The average Bonchev–Trinajstić information content (AvgIpc) is 3.11. The molecular formula is C20H24F3N3O. The van der Waals surface area contributed by atoms with Gasteiger partial charge in [0.15, 0.2) is 0 Å². The highest BCUT2D eigenvalue weighted by molar-refractivity contribution is 5.81. The first-order chi connectivity index (χ1) is 12.9. The lowest BCUT2D eigenvalue weighted by atomic mass is 9.77. The van der Waals surface area contributed by atoms with Gasteiger partial charge in [-0.3, -0.25) is 4.79 Å². The predicted octanol–water partition coefficient (Wildman–Crippen LogP) is 4.64. The van der Waals surface area contributed by atoms with Crippen molar-refractivity contribution in [1.82, 2.24) is 14.9 Å². The van der Waals surface area contributed by atoms with Crippen molar-refractivity contribution in [3.63, 3.8) is 0 Å². The molecule has 0 bridgehead atoms. The topological polar surface area (TPSA) is 49.0 Å². The van der Waals surface area contributed by atoms with Crippen LogP contribution < -0.4 is 0 Å². The van der Waals surface area contributed by atoms with Crippen LogP contribution in [0.1, 0.15) is 50.0 Å². The standard InChI is InChI=1S/C20H24F3N3O/c21-20(22,23)17-6-2-1-4-15(17)19(27)26-10-7-13(8-11-26)16-12-25-18-14(16)5-3-9-24-18/h3,5,9,12-13,15,17H,1-2,4,6-8,10-11H2,(H,24,25). The Morgan fingerprint density at radius 1 is 1.15 bits per heavy atom. The molecule has 4 nitrogen and oxygen atoms in total. The molecule has 3 heterocycles. The Bertz CT molecular complexity index is 808. The van der Waals surface area contributed by atoms with E-state index in [4.69, 9.17) is 0 Å². The molecule has 27 heavy (non-hydrogen) atoms. The van der Waals surface area contributed by atoms with Gasteiger partial charge in [0.2, 0.25) is 5.91 Å². The van der Waals surface area contributed by atoms with Crippen LogP contribution in [0.15, 0.2) is 24.5 Å². The molecular weight excluding hydrogens is 355 g/mol. The molecule has 0 radical (unpaired) electrons. The van der Waals surface area contributed by atoms with E-state index in [-0.39, 0.29) is 12.3 Å². The molecule has 1 saturated carbocycles. The van der Waals surface area contributed by atoms with Gasteiger partial charge in [-0.05, 0) is 49.3 Å². The molecule has 2 aromatic rings. The number of likely N-dealkylation sites (tertiary alicyclic amines) is 1. The van der Waals surface area contributed by atoms with E-state index in [1.165, 1.54) is 5.56 Å². The molecule has 2 unspecified atom stereocenters. The number of hydrogen-bond acceptors (Lipinski definition) is 2. The highest BCUT2D eigenvalue weighted by Crippen LogP contribution is 2.43. The number of rotatable bonds is 2. The van der Waals surface area contributed by atoms with Crippen molar-refractivity contribution in [2.24, 2.45) is 11.8 Å². The molecule has 1 N–H and O–H groups in total. The Labute approximate surface area is 156 Å². The SMILES string of the molecule is O=C(C1CCCCC1C(F)(F)F)N1CCC(c2c[nH]c3ncccc23)CC1. The molecule has 2 atom stereocenters. The third-order valence-corrected chi connectivity index (χ3v) is 6.23. The zero-order chi connectivity index (χ0) is 19.0. The van der Waals surface area contributed by atoms with Crippen LogP contribution in [0.3, 0.4) is 0 Å². The second-order valence-corrected chi connectivity index (χ2v) is 7.78. The van der Waals surface area contributed by atoms with Gasteiger partial charge in [0, 0.05) is 36.8 Å². The Hall–Kier alpha value is -2.05. The lowest BCUT2D eigenvalue weighted by molar-refractivity contribution is -0.201. The molecule has 0 aromatic carbocycles. The summed E-state index contributed by atoms with van der Waals surface area (Å²) >= 11 is 0. The summed E-state index contributed by atoms with van der Waals surface area (Å²) in [5.41, 5.74) is 2.04. The summed E-state index contributed by atoms with van der Waals surface area (Å²) < 4.78 is 40.0. The van der Waals surface area contributed by atoms with Crippen molar-refractivity contribution >= 4 is 16.9 Å².